The van der Waals surface area contributed by atoms with Crippen LogP contribution in [0.2, 0.25) is 0 Å². The molecule has 1 aromatic rings. The molecule has 6 nitrogen and oxygen atoms in total. The monoisotopic (exact) mass is 350 g/mol. The Morgan fingerprint density at radius 2 is 2.59 bits per heavy atom. The van der Waals surface area contributed by atoms with Crippen LogP contribution in [0.5, 0.6) is 0 Å². The molecule has 0 saturated carbocycles. The Labute approximate surface area is 113 Å². The van der Waals surface area contributed by atoms with Gasteiger partial charge < -0.3 is 19.9 Å². The zero-order valence-corrected chi connectivity index (χ0v) is 11.7. The number of hydrogen-bond acceptors (Lipinski definition) is 5. The number of morpholine rings is 1. The third-order valence-electron chi connectivity index (χ3n) is 2.72. The Morgan fingerprint density at radius 1 is 1.76 bits per heavy atom. The first-order valence-corrected chi connectivity index (χ1v) is 6.54. The third-order valence-corrected chi connectivity index (χ3v) is 3.69. The molecule has 0 bridgehead atoms. The lowest BCUT2D eigenvalue weighted by atomic mass is 10.2. The number of halogens is 1. The van der Waals surface area contributed by atoms with Crippen molar-refractivity contribution in [1.29, 1.82) is 0 Å². The molecule has 7 heteroatoms. The van der Waals surface area contributed by atoms with Gasteiger partial charge in [0.15, 0.2) is 0 Å². The average molecular weight is 350 g/mol. The maximum atomic E-state index is 11.6. The van der Waals surface area contributed by atoms with Crippen molar-refractivity contribution in [2.45, 2.75) is 6.04 Å². The lowest BCUT2D eigenvalue weighted by Crippen LogP contribution is -2.51. The van der Waals surface area contributed by atoms with Gasteiger partial charge in [-0.2, -0.15) is 0 Å². The first-order valence-electron chi connectivity index (χ1n) is 5.46. The predicted molar refractivity (Wildman–Crippen MR) is 73.5 cm³/mol. The molecule has 94 valence electrons. The molecule has 0 aromatic carbocycles. The number of anilines is 1. The van der Waals surface area contributed by atoms with E-state index in [2.05, 4.69) is 20.2 Å². The molecular formula is C10H15IN4O2. The van der Waals surface area contributed by atoms with Gasteiger partial charge in [0.05, 0.1) is 25.6 Å². The Balaban J connectivity index is 2.29. The van der Waals surface area contributed by atoms with Crippen LogP contribution in [0.15, 0.2) is 11.1 Å². The Morgan fingerprint density at radius 3 is 3.35 bits per heavy atom. The van der Waals surface area contributed by atoms with Crippen LogP contribution in [0.1, 0.15) is 0 Å². The Bertz CT molecular complexity index is 435. The summed E-state index contributed by atoms with van der Waals surface area (Å²) in [5.74, 6) is 0.748. The molecule has 0 radical (unpaired) electrons. The maximum absolute atomic E-state index is 11.6. The maximum Gasteiger partial charge on any atom is 0.266 e. The Hall–Kier alpha value is -0.670. The van der Waals surface area contributed by atoms with Crippen LogP contribution >= 0.6 is 22.6 Å². The van der Waals surface area contributed by atoms with E-state index in [1.165, 1.54) is 6.33 Å². The summed E-state index contributed by atoms with van der Waals surface area (Å²) in [4.78, 5) is 20.6. The normalized spacial score (nSPS) is 20.6. The number of aromatic nitrogens is 2. The molecule has 1 fully saturated rings. The number of hydrogen-bond donors (Lipinski definition) is 2. The first kappa shape index (κ1) is 12.8. The van der Waals surface area contributed by atoms with Crippen LogP contribution in [0.4, 0.5) is 5.82 Å². The van der Waals surface area contributed by atoms with Crippen LogP contribution in [0.3, 0.4) is 0 Å². The smallest absolute Gasteiger partial charge is 0.266 e. The Kier molecular flexibility index (Phi) is 4.35. The molecule has 1 saturated heterocycles. The van der Waals surface area contributed by atoms with E-state index < -0.39 is 0 Å². The van der Waals surface area contributed by atoms with E-state index >= 15 is 0 Å². The standard InChI is InChI=1S/C10H15IN4O2/c1-12-4-7-5-17-3-2-15(7)9-8(11)10(16)14-6-13-9/h6-7,12H,2-5H2,1H3,(H,13,14,16). The van der Waals surface area contributed by atoms with Gasteiger partial charge >= 0.3 is 0 Å². The summed E-state index contributed by atoms with van der Waals surface area (Å²) >= 11 is 2.04. The molecule has 2 N–H and O–H groups in total. The van der Waals surface area contributed by atoms with Gasteiger partial charge in [-0.1, -0.05) is 0 Å². The van der Waals surface area contributed by atoms with Crippen molar-refractivity contribution in [3.63, 3.8) is 0 Å². The highest BCUT2D eigenvalue weighted by atomic mass is 127. The quantitative estimate of drug-likeness (QED) is 0.739. The lowest BCUT2D eigenvalue weighted by molar-refractivity contribution is 0.0938. The van der Waals surface area contributed by atoms with E-state index in [4.69, 9.17) is 4.74 Å². The number of H-pyrrole nitrogens is 1. The van der Waals surface area contributed by atoms with Crippen molar-refractivity contribution in [1.82, 2.24) is 15.3 Å². The van der Waals surface area contributed by atoms with E-state index in [1.807, 2.05) is 29.6 Å². The zero-order valence-electron chi connectivity index (χ0n) is 9.57. The SMILES string of the molecule is CNCC1COCCN1c1nc[nH]c(=O)c1I. The van der Waals surface area contributed by atoms with Crippen molar-refractivity contribution < 1.29 is 4.74 Å². The van der Waals surface area contributed by atoms with Gasteiger partial charge in [0.25, 0.3) is 5.56 Å². The summed E-state index contributed by atoms with van der Waals surface area (Å²) in [6, 6.07) is 0.219. The fourth-order valence-electron chi connectivity index (χ4n) is 1.91. The summed E-state index contributed by atoms with van der Waals surface area (Å²) in [5.41, 5.74) is -0.0923. The van der Waals surface area contributed by atoms with E-state index in [0.717, 1.165) is 18.9 Å². The summed E-state index contributed by atoms with van der Waals surface area (Å²) < 4.78 is 6.09. The number of rotatable bonds is 3. The number of nitrogens with zero attached hydrogens (tertiary/aromatic N) is 2. The van der Waals surface area contributed by atoms with Crippen molar-refractivity contribution in [3.8, 4) is 0 Å². The fraction of sp³-hybridized carbons (Fsp3) is 0.600. The highest BCUT2D eigenvalue weighted by Gasteiger charge is 2.25. The van der Waals surface area contributed by atoms with Gasteiger partial charge in [-0.15, -0.1) is 0 Å². The highest BCUT2D eigenvalue weighted by molar-refractivity contribution is 14.1. The van der Waals surface area contributed by atoms with Crippen molar-refractivity contribution in [3.05, 3.63) is 20.3 Å². The van der Waals surface area contributed by atoms with Crippen molar-refractivity contribution in [2.24, 2.45) is 0 Å². The minimum Gasteiger partial charge on any atom is -0.377 e. The van der Waals surface area contributed by atoms with Crippen LogP contribution in [0, 0.1) is 3.57 Å². The van der Waals surface area contributed by atoms with Crippen LogP contribution < -0.4 is 15.8 Å². The zero-order chi connectivity index (χ0) is 12.3. The summed E-state index contributed by atoms with van der Waals surface area (Å²) in [7, 11) is 1.91. The summed E-state index contributed by atoms with van der Waals surface area (Å²) in [6.07, 6.45) is 1.45. The lowest BCUT2D eigenvalue weighted by Gasteiger charge is -2.36. The molecule has 1 aromatic heterocycles. The van der Waals surface area contributed by atoms with Crippen LogP contribution in [-0.2, 0) is 4.74 Å². The molecule has 2 heterocycles. The molecule has 0 amide bonds. The largest absolute Gasteiger partial charge is 0.377 e. The number of nitrogens with one attached hydrogen (secondary N) is 2. The van der Waals surface area contributed by atoms with Crippen molar-refractivity contribution >= 4 is 28.4 Å². The molecule has 1 aliphatic rings. The van der Waals surface area contributed by atoms with E-state index in [-0.39, 0.29) is 11.6 Å². The van der Waals surface area contributed by atoms with Gasteiger partial charge in [-0.05, 0) is 29.6 Å². The van der Waals surface area contributed by atoms with E-state index in [9.17, 15) is 4.79 Å². The molecule has 2 rings (SSSR count). The number of ether oxygens (including phenoxy) is 1. The third kappa shape index (κ3) is 2.78. The van der Waals surface area contributed by atoms with Gasteiger partial charge in [0.1, 0.15) is 9.39 Å². The number of aromatic amines is 1. The predicted octanol–water partition coefficient (Wildman–Crippen LogP) is -0.201. The van der Waals surface area contributed by atoms with Crippen molar-refractivity contribution in [2.75, 3.05) is 38.3 Å². The van der Waals surface area contributed by atoms with Crippen LogP contribution in [-0.4, -0.2) is 49.4 Å². The van der Waals surface area contributed by atoms with Gasteiger partial charge in [-0.25, -0.2) is 4.98 Å². The molecule has 0 spiro atoms. The van der Waals surface area contributed by atoms with E-state index in [0.29, 0.717) is 16.8 Å². The average Bonchev–Trinajstić information content (AvgIpc) is 2.34. The molecule has 0 aliphatic carbocycles. The van der Waals surface area contributed by atoms with Gasteiger partial charge in [-0.3, -0.25) is 4.79 Å². The summed E-state index contributed by atoms with van der Waals surface area (Å²) in [5, 5.41) is 3.13. The number of likely N-dealkylation sites (N-methyl/N-ethyl adjacent to an activating group) is 1. The topological polar surface area (TPSA) is 70.2 Å². The van der Waals surface area contributed by atoms with Gasteiger partial charge in [0, 0.05) is 13.1 Å². The van der Waals surface area contributed by atoms with E-state index in [1.54, 1.807) is 0 Å². The highest BCUT2D eigenvalue weighted by Crippen LogP contribution is 2.20. The molecular weight excluding hydrogens is 335 g/mol. The molecule has 1 aliphatic heterocycles. The second-order valence-corrected chi connectivity index (χ2v) is 4.93. The second-order valence-electron chi connectivity index (χ2n) is 3.85. The second kappa shape index (κ2) is 5.78. The minimum absolute atomic E-state index is 0.0923. The van der Waals surface area contributed by atoms with Gasteiger partial charge in [0.2, 0.25) is 0 Å². The minimum atomic E-state index is -0.0923. The fourth-order valence-corrected chi connectivity index (χ4v) is 2.52. The molecule has 17 heavy (non-hydrogen) atoms. The molecule has 1 unspecified atom stereocenters. The summed E-state index contributed by atoms with van der Waals surface area (Å²) in [6.45, 7) is 2.90. The first-order chi connectivity index (χ1) is 8.24. The van der Waals surface area contributed by atoms with Crippen LogP contribution in [0.25, 0.3) is 0 Å². The molecule has 1 atom stereocenters.